The fourth-order valence-electron chi connectivity index (χ4n) is 6.40. The number of halogens is 1. The fourth-order valence-corrected chi connectivity index (χ4v) is 9.42. The number of nitrogen functional groups attached to an aromatic ring is 1. The third-order valence-corrected chi connectivity index (χ3v) is 13.7. The molecule has 0 saturated carbocycles. The van der Waals surface area contributed by atoms with E-state index in [0.29, 0.717) is 48.2 Å². The number of amides is 1. The number of hydrogen-bond donors (Lipinski definition) is 10. The van der Waals surface area contributed by atoms with Gasteiger partial charge in [0.15, 0.2) is 0 Å². The topological polar surface area (TPSA) is 437 Å². The number of anilines is 6. The molecule has 1 aromatic heterocycles. The molecule has 5 aromatic carbocycles. The molecule has 0 radical (unpaired) electrons. The number of azo groups is 2. The van der Waals surface area contributed by atoms with E-state index in [0.717, 1.165) is 55.2 Å². The largest absolute Gasteiger partial charge is 0.481 e. The zero-order valence-corrected chi connectivity index (χ0v) is 43.6. The van der Waals surface area contributed by atoms with Crippen molar-refractivity contribution in [2.45, 2.75) is 57.1 Å². The Bertz CT molecular complexity index is 3530. The van der Waals surface area contributed by atoms with Crippen LogP contribution in [0.1, 0.15) is 32.6 Å². The summed E-state index contributed by atoms with van der Waals surface area (Å²) in [5, 5.41) is 48.6. The maximum Gasteiger partial charge on any atom is 0.303 e. The van der Waals surface area contributed by atoms with Gasteiger partial charge in [-0.25, -0.2) is 10.1 Å². The highest BCUT2D eigenvalue weighted by atomic mass is 35.5. The summed E-state index contributed by atoms with van der Waals surface area (Å²) >= 11 is 7.53. The highest BCUT2D eigenvalue weighted by Gasteiger charge is 2.23. The summed E-state index contributed by atoms with van der Waals surface area (Å²) in [6.45, 7) is 2.67. The second-order valence-corrected chi connectivity index (χ2v) is 21.3. The molecular weight excluding hydrogens is 1130 g/mol. The molecule has 29 nitrogen and oxygen atoms in total. The van der Waals surface area contributed by atoms with Crippen molar-refractivity contribution < 1.29 is 77.5 Å². The summed E-state index contributed by atoms with van der Waals surface area (Å²) in [5.74, 6) is -1.79. The highest BCUT2D eigenvalue weighted by molar-refractivity contribution is 7.95. The number of aliphatic carboxylic acids is 1. The third-order valence-electron chi connectivity index (χ3n) is 9.68. The Morgan fingerprint density at radius 3 is 2.08 bits per heavy atom. The standard InChI is InChI=1S/C41H41ClN12O17S5/c1-22(55)45-31-17-25(8-11-30(31)52-54-34-16-23-15-27(74(59,60)61)18-36(75(62,63)64)28(23)19-35(34)73-71-69-58)46-40-48-39(42)49-41(50-40)47-32-20-29(43)37(76(65,66)67)21-33(32)53-51-24-6-9-26(10-7-24)72-70-68-14-13-44-12-4-2-3-5-38(56)57/h6-11,15-21,44,58H,2-5,12-14,43H2,1H3,(H,45,55)(H,56,57)(H,59,60,61)(H,62,63,64)(H,65,66,67)(H2,46,47,48,49,50). The molecule has 0 aliphatic carbocycles. The van der Waals surface area contributed by atoms with Crippen LogP contribution in [0.2, 0.25) is 5.28 Å². The van der Waals surface area contributed by atoms with E-state index in [-0.39, 0.29) is 80.0 Å². The van der Waals surface area contributed by atoms with Crippen molar-refractivity contribution in [2.75, 3.05) is 41.4 Å². The lowest BCUT2D eigenvalue weighted by Crippen LogP contribution is -2.20. The third kappa shape index (κ3) is 17.5. The smallest absolute Gasteiger partial charge is 0.303 e. The number of benzene rings is 5. The molecule has 0 atom stereocenters. The number of hydrogen-bond acceptors (Lipinski definition) is 26. The van der Waals surface area contributed by atoms with Crippen LogP contribution in [0, 0.1) is 0 Å². The number of aromatic nitrogens is 3. The van der Waals surface area contributed by atoms with Crippen LogP contribution in [-0.4, -0.2) is 95.8 Å². The number of fused-ring (bicyclic) bond motifs is 1. The van der Waals surface area contributed by atoms with Gasteiger partial charge in [-0.1, -0.05) is 11.5 Å². The molecule has 6 aromatic rings. The maximum absolute atomic E-state index is 12.3. The lowest BCUT2D eigenvalue weighted by molar-refractivity contribution is -0.432. The first-order valence-corrected chi connectivity index (χ1v) is 27.5. The van der Waals surface area contributed by atoms with Crippen molar-refractivity contribution in [3.8, 4) is 0 Å². The molecule has 6 rings (SSSR count). The van der Waals surface area contributed by atoms with Crippen LogP contribution in [0.25, 0.3) is 10.8 Å². The Kier molecular flexibility index (Phi) is 20.4. The molecule has 404 valence electrons. The predicted molar refractivity (Wildman–Crippen MR) is 274 cm³/mol. The molecule has 76 heavy (non-hydrogen) atoms. The van der Waals surface area contributed by atoms with Crippen molar-refractivity contribution in [3.63, 3.8) is 0 Å². The first-order valence-electron chi connectivity index (χ1n) is 21.3. The molecule has 0 saturated heterocycles. The molecule has 11 N–H and O–H groups in total. The Balaban J connectivity index is 1.19. The summed E-state index contributed by atoms with van der Waals surface area (Å²) in [6, 6.07) is 16.4. The van der Waals surface area contributed by atoms with Gasteiger partial charge < -0.3 is 32.1 Å². The van der Waals surface area contributed by atoms with Crippen molar-refractivity contribution in [1.82, 2.24) is 20.3 Å². The molecule has 0 aliphatic rings. The van der Waals surface area contributed by atoms with Crippen molar-refractivity contribution in [2.24, 2.45) is 20.5 Å². The summed E-state index contributed by atoms with van der Waals surface area (Å²) < 4.78 is 112. The van der Waals surface area contributed by atoms with Crippen LogP contribution < -0.4 is 27.0 Å². The molecule has 0 aliphatic heterocycles. The van der Waals surface area contributed by atoms with Crippen molar-refractivity contribution >= 4 is 146 Å². The fraction of sp³-hybridized carbons (Fsp3) is 0.195. The Morgan fingerprint density at radius 1 is 0.711 bits per heavy atom. The summed E-state index contributed by atoms with van der Waals surface area (Å²) in [7, 11) is -14.9. The van der Waals surface area contributed by atoms with Gasteiger partial charge in [-0.15, -0.1) is 19.7 Å². The second-order valence-electron chi connectivity index (χ2n) is 15.3. The number of nitrogens with two attached hydrogens (primary N) is 1. The normalized spacial score (nSPS) is 12.2. The monoisotopic (exact) mass is 1170 g/mol. The van der Waals surface area contributed by atoms with E-state index in [2.05, 4.69) is 66.0 Å². The van der Waals surface area contributed by atoms with Gasteiger partial charge in [0.05, 0.1) is 63.2 Å². The van der Waals surface area contributed by atoms with Gasteiger partial charge in [-0.05, 0) is 115 Å². The highest BCUT2D eigenvalue weighted by Crippen LogP contribution is 2.41. The minimum absolute atomic E-state index is 0.000303. The molecule has 0 unspecified atom stereocenters. The van der Waals surface area contributed by atoms with Gasteiger partial charge in [-0.2, -0.15) is 49.7 Å². The van der Waals surface area contributed by atoms with Crippen LogP contribution in [0.5, 0.6) is 0 Å². The van der Waals surface area contributed by atoms with Crippen LogP contribution in [0.4, 0.5) is 57.4 Å². The van der Waals surface area contributed by atoms with E-state index >= 15 is 0 Å². The van der Waals surface area contributed by atoms with E-state index in [9.17, 15) is 48.5 Å². The first kappa shape index (κ1) is 58.6. The number of carboxylic acids is 1. The van der Waals surface area contributed by atoms with E-state index in [1.165, 1.54) is 25.1 Å². The van der Waals surface area contributed by atoms with Gasteiger partial charge in [0.2, 0.25) is 23.1 Å². The molecule has 0 bridgehead atoms. The first-order chi connectivity index (χ1) is 36.0. The average Bonchev–Trinajstić information content (AvgIpc) is 3.33. The lowest BCUT2D eigenvalue weighted by Gasteiger charge is -2.13. The number of carboxylic acid groups (broad SMARTS) is 1. The number of rotatable bonds is 27. The van der Waals surface area contributed by atoms with E-state index in [1.54, 1.807) is 24.3 Å². The molecule has 1 amide bonds. The number of nitrogens with zero attached hydrogens (tertiary/aromatic N) is 7. The molecular formula is C41H41ClN12O17S5. The summed E-state index contributed by atoms with van der Waals surface area (Å²) in [4.78, 5) is 38.6. The number of nitrogens with one attached hydrogen (secondary N) is 4. The Hall–Kier alpha value is -6.61. The summed E-state index contributed by atoms with van der Waals surface area (Å²) in [6.07, 6.45) is 2.39. The van der Waals surface area contributed by atoms with Crippen molar-refractivity contribution in [3.05, 3.63) is 84.1 Å². The zero-order chi connectivity index (χ0) is 55.2. The van der Waals surface area contributed by atoms with Crippen LogP contribution >= 0.6 is 35.7 Å². The molecule has 0 spiro atoms. The minimum atomic E-state index is -5.09. The summed E-state index contributed by atoms with van der Waals surface area (Å²) in [5.41, 5.74) is 5.86. The minimum Gasteiger partial charge on any atom is -0.481 e. The van der Waals surface area contributed by atoms with Gasteiger partial charge in [-0.3, -0.25) is 23.2 Å². The van der Waals surface area contributed by atoms with Gasteiger partial charge in [0, 0.05) is 35.9 Å². The van der Waals surface area contributed by atoms with Gasteiger partial charge >= 0.3 is 5.97 Å². The number of carbonyl (C=O) groups excluding carboxylic acids is 1. The second kappa shape index (κ2) is 26.4. The average molecular weight is 1170 g/mol. The number of unbranched alkanes of at least 4 members (excludes halogenated alkanes) is 2. The van der Waals surface area contributed by atoms with E-state index in [4.69, 9.17) is 36.9 Å². The van der Waals surface area contributed by atoms with Crippen LogP contribution in [0.15, 0.2) is 124 Å². The molecule has 1 heterocycles. The SMILES string of the molecule is CC(=O)Nc1cc(Nc2nc(Cl)nc(Nc3cc(N)c(S(=O)(=O)O)cc3N=Nc3ccc(SOOCCNCCCCCC(=O)O)cc3)n2)ccc1N=Nc1cc2cc(S(=O)(=O)O)cc(S(=O)(=O)O)c2cc1SOOO. The van der Waals surface area contributed by atoms with Crippen LogP contribution in [0.3, 0.4) is 0 Å². The predicted octanol–water partition coefficient (Wildman–Crippen LogP) is 8.90. The van der Waals surface area contributed by atoms with E-state index < -0.39 is 62.6 Å². The molecule has 35 heteroatoms. The Morgan fingerprint density at radius 2 is 1.41 bits per heavy atom. The lowest BCUT2D eigenvalue weighted by atomic mass is 10.1. The van der Waals surface area contributed by atoms with E-state index in [1.807, 2.05) is 0 Å². The van der Waals surface area contributed by atoms with Crippen LogP contribution in [-0.2, 0) is 58.5 Å². The Labute approximate surface area is 444 Å². The number of carbonyl (C=O) groups is 2. The quantitative estimate of drug-likeness (QED) is 0.00437. The van der Waals surface area contributed by atoms with Crippen molar-refractivity contribution in [1.29, 1.82) is 0 Å². The molecule has 0 fully saturated rings. The van der Waals surface area contributed by atoms with Gasteiger partial charge in [0.1, 0.15) is 26.9 Å². The zero-order valence-electron chi connectivity index (χ0n) is 38.7. The van der Waals surface area contributed by atoms with Gasteiger partial charge in [0.25, 0.3) is 30.4 Å². The maximum atomic E-state index is 12.3.